The fourth-order valence-corrected chi connectivity index (χ4v) is 3.52. The van der Waals surface area contributed by atoms with Gasteiger partial charge in [-0.05, 0) is 38.6 Å². The third kappa shape index (κ3) is 12.4. The van der Waals surface area contributed by atoms with Crippen molar-refractivity contribution >= 4 is 42.3 Å². The fraction of sp³-hybridized carbons (Fsp3) is 0.619. The Hall–Kier alpha value is -3.37. The van der Waals surface area contributed by atoms with Gasteiger partial charge in [0.2, 0.25) is 17.7 Å². The van der Waals surface area contributed by atoms with Crippen LogP contribution >= 0.6 is 12.6 Å². The summed E-state index contributed by atoms with van der Waals surface area (Å²) in [5, 5.41) is 17.0. The minimum absolute atomic E-state index is 0.0665. The molecule has 0 radical (unpaired) electrons. The van der Waals surface area contributed by atoms with E-state index in [4.69, 9.17) is 22.9 Å². The maximum Gasteiger partial charge on any atom is 0.326 e. The average molecular weight is 543 g/mol. The van der Waals surface area contributed by atoms with Gasteiger partial charge in [0, 0.05) is 30.6 Å². The molecule has 16 heteroatoms. The van der Waals surface area contributed by atoms with Gasteiger partial charge < -0.3 is 49.0 Å². The Morgan fingerprint density at radius 1 is 1.00 bits per heavy atom. The molecule has 208 valence electrons. The molecular weight excluding hydrogens is 504 g/mol. The van der Waals surface area contributed by atoms with Crippen molar-refractivity contribution in [3.05, 3.63) is 18.2 Å². The molecule has 0 aromatic carbocycles. The van der Waals surface area contributed by atoms with Gasteiger partial charge in [0.25, 0.3) is 0 Å². The number of aliphatic carboxylic acids is 1. The van der Waals surface area contributed by atoms with Crippen LogP contribution in [0.15, 0.2) is 17.5 Å². The maximum atomic E-state index is 13.0. The van der Waals surface area contributed by atoms with Crippen LogP contribution in [-0.4, -0.2) is 87.7 Å². The van der Waals surface area contributed by atoms with Crippen LogP contribution in [0.4, 0.5) is 0 Å². The third-order valence-electron chi connectivity index (χ3n) is 5.29. The molecule has 1 heterocycles. The van der Waals surface area contributed by atoms with Crippen molar-refractivity contribution in [1.82, 2.24) is 25.9 Å². The van der Waals surface area contributed by atoms with Gasteiger partial charge in [-0.1, -0.05) is 0 Å². The quantitative estimate of drug-likeness (QED) is 0.0387. The summed E-state index contributed by atoms with van der Waals surface area (Å²) in [6, 6.07) is -4.30. The molecule has 0 bridgehead atoms. The largest absolute Gasteiger partial charge is 0.480 e. The maximum absolute atomic E-state index is 13.0. The summed E-state index contributed by atoms with van der Waals surface area (Å²) in [5.41, 5.74) is 22.7. The second kappa shape index (κ2) is 17.1. The van der Waals surface area contributed by atoms with Crippen LogP contribution in [0.1, 0.15) is 37.8 Å². The monoisotopic (exact) mass is 542 g/mol. The van der Waals surface area contributed by atoms with Crippen molar-refractivity contribution in [3.63, 3.8) is 0 Å². The van der Waals surface area contributed by atoms with E-state index in [0.717, 1.165) is 0 Å². The van der Waals surface area contributed by atoms with E-state index in [0.29, 0.717) is 31.5 Å². The molecule has 0 aliphatic rings. The van der Waals surface area contributed by atoms with Gasteiger partial charge in [0.05, 0.1) is 12.4 Å². The Labute approximate surface area is 220 Å². The number of aliphatic imine (C=N–C) groups is 1. The topological polar surface area (TPSA) is 270 Å². The molecule has 1 aromatic rings. The Morgan fingerprint density at radius 3 is 2.19 bits per heavy atom. The van der Waals surface area contributed by atoms with Crippen LogP contribution in [0.2, 0.25) is 0 Å². The van der Waals surface area contributed by atoms with E-state index < -0.39 is 47.9 Å². The molecule has 3 amide bonds. The normalized spacial score (nSPS) is 14.0. The fourth-order valence-electron chi connectivity index (χ4n) is 3.27. The standard InChI is InChI=1S/C21H38N10O5S/c22-6-2-1-4-14(29-17(32)13(23)8-12-9-26-11-28-12)18(33)31-16(10-37)19(34)30-15(20(35)36)5-3-7-27-21(24)25/h9,11,13-16,37H,1-8,10,22-23H2,(H,26,28)(H,29,32)(H,30,34)(H,31,33)(H,35,36)(H4,24,25,27). The summed E-state index contributed by atoms with van der Waals surface area (Å²) < 4.78 is 0. The van der Waals surface area contributed by atoms with Crippen molar-refractivity contribution in [2.75, 3.05) is 18.8 Å². The van der Waals surface area contributed by atoms with Crippen LogP contribution < -0.4 is 38.9 Å². The second-order valence-electron chi connectivity index (χ2n) is 8.33. The lowest BCUT2D eigenvalue weighted by atomic mass is 10.1. The summed E-state index contributed by atoms with van der Waals surface area (Å²) in [6.07, 6.45) is 4.98. The van der Waals surface area contributed by atoms with E-state index >= 15 is 0 Å². The number of aromatic amines is 1. The minimum Gasteiger partial charge on any atom is -0.480 e. The number of carboxylic acid groups (broad SMARTS) is 1. The number of nitrogens with one attached hydrogen (secondary N) is 4. The van der Waals surface area contributed by atoms with Gasteiger partial charge in [0.15, 0.2) is 5.96 Å². The van der Waals surface area contributed by atoms with Crippen molar-refractivity contribution in [3.8, 4) is 0 Å². The first-order valence-electron chi connectivity index (χ1n) is 11.8. The zero-order valence-electron chi connectivity index (χ0n) is 20.6. The number of aromatic nitrogens is 2. The van der Waals surface area contributed by atoms with Gasteiger partial charge in [-0.3, -0.25) is 19.4 Å². The average Bonchev–Trinajstić information content (AvgIpc) is 3.36. The number of carbonyl (C=O) groups excluding carboxylic acids is 3. The van der Waals surface area contributed by atoms with Gasteiger partial charge in [-0.25, -0.2) is 9.78 Å². The van der Waals surface area contributed by atoms with E-state index in [-0.39, 0.29) is 37.5 Å². The van der Waals surface area contributed by atoms with Crippen LogP contribution in [0.5, 0.6) is 0 Å². The van der Waals surface area contributed by atoms with Crippen molar-refractivity contribution < 1.29 is 24.3 Å². The van der Waals surface area contributed by atoms with Gasteiger partial charge >= 0.3 is 5.97 Å². The van der Waals surface area contributed by atoms with Crippen molar-refractivity contribution in [2.24, 2.45) is 27.9 Å². The zero-order valence-corrected chi connectivity index (χ0v) is 21.5. The number of nitrogens with two attached hydrogens (primary N) is 4. The Bertz CT molecular complexity index is 894. The number of carbonyl (C=O) groups is 4. The third-order valence-corrected chi connectivity index (χ3v) is 5.65. The summed E-state index contributed by atoms with van der Waals surface area (Å²) in [6.45, 7) is 0.602. The number of guanidine groups is 1. The number of thiol groups is 1. The molecule has 4 atom stereocenters. The van der Waals surface area contributed by atoms with Crippen molar-refractivity contribution in [2.45, 2.75) is 62.7 Å². The lowest BCUT2D eigenvalue weighted by Crippen LogP contribution is -2.57. The lowest BCUT2D eigenvalue weighted by molar-refractivity contribution is -0.142. The van der Waals surface area contributed by atoms with Crippen LogP contribution in [-0.2, 0) is 25.6 Å². The first-order chi connectivity index (χ1) is 17.6. The van der Waals surface area contributed by atoms with Crippen LogP contribution in [0.3, 0.4) is 0 Å². The minimum atomic E-state index is -1.25. The SMILES string of the molecule is NCCCCC(NC(=O)C(N)Cc1cnc[nH]1)C(=O)NC(CS)C(=O)NC(CCCN=C(N)N)C(=O)O. The number of rotatable bonds is 18. The molecule has 0 aliphatic carbocycles. The number of unbranched alkanes of at least 4 members (excludes halogenated alkanes) is 1. The molecule has 0 fully saturated rings. The van der Waals surface area contributed by atoms with Gasteiger partial charge in [0.1, 0.15) is 18.1 Å². The van der Waals surface area contributed by atoms with E-state index in [1.165, 1.54) is 6.33 Å². The van der Waals surface area contributed by atoms with E-state index in [1.807, 2.05) is 0 Å². The molecule has 1 rings (SSSR count). The lowest BCUT2D eigenvalue weighted by Gasteiger charge is -2.24. The second-order valence-corrected chi connectivity index (χ2v) is 8.69. The van der Waals surface area contributed by atoms with Crippen molar-refractivity contribution in [1.29, 1.82) is 0 Å². The number of hydrogen-bond acceptors (Lipinski definition) is 9. The molecule has 15 nitrogen and oxygen atoms in total. The zero-order chi connectivity index (χ0) is 27.8. The molecule has 0 spiro atoms. The number of H-pyrrole nitrogens is 1. The first-order valence-corrected chi connectivity index (χ1v) is 12.4. The summed E-state index contributed by atoms with van der Waals surface area (Å²) >= 11 is 4.12. The molecule has 13 N–H and O–H groups in total. The first kappa shape index (κ1) is 31.7. The number of amides is 3. The number of hydrogen-bond donors (Lipinski definition) is 10. The highest BCUT2D eigenvalue weighted by molar-refractivity contribution is 7.80. The summed E-state index contributed by atoms with van der Waals surface area (Å²) in [5.74, 6) is -3.40. The smallest absolute Gasteiger partial charge is 0.326 e. The predicted octanol–water partition coefficient (Wildman–Crippen LogP) is -3.07. The highest BCUT2D eigenvalue weighted by Gasteiger charge is 2.29. The molecule has 0 saturated heterocycles. The molecule has 37 heavy (non-hydrogen) atoms. The Morgan fingerprint density at radius 2 is 1.62 bits per heavy atom. The molecule has 4 unspecified atom stereocenters. The highest BCUT2D eigenvalue weighted by atomic mass is 32.1. The van der Waals surface area contributed by atoms with E-state index in [2.05, 4.69) is 43.5 Å². The number of nitrogens with zero attached hydrogens (tertiary/aromatic N) is 2. The van der Waals surface area contributed by atoms with Crippen LogP contribution in [0.25, 0.3) is 0 Å². The number of imidazole rings is 1. The van der Waals surface area contributed by atoms with Gasteiger partial charge in [-0.2, -0.15) is 12.6 Å². The summed E-state index contributed by atoms with van der Waals surface area (Å²) in [7, 11) is 0. The number of carboxylic acids is 1. The molecule has 0 saturated carbocycles. The van der Waals surface area contributed by atoms with E-state index in [9.17, 15) is 24.3 Å². The van der Waals surface area contributed by atoms with Gasteiger partial charge in [-0.15, -0.1) is 0 Å². The van der Waals surface area contributed by atoms with Crippen LogP contribution in [0, 0.1) is 0 Å². The predicted molar refractivity (Wildman–Crippen MR) is 140 cm³/mol. The van der Waals surface area contributed by atoms with E-state index in [1.54, 1.807) is 6.20 Å². The summed E-state index contributed by atoms with van der Waals surface area (Å²) in [4.78, 5) is 60.4. The molecule has 0 aliphatic heterocycles. The highest BCUT2D eigenvalue weighted by Crippen LogP contribution is 2.05. The Balaban J connectivity index is 2.79. The Kier molecular flexibility index (Phi) is 14.7. The molecular formula is C21H38N10O5S. The molecule has 1 aromatic heterocycles.